The Morgan fingerprint density at radius 3 is 2.83 bits per heavy atom. The maximum absolute atomic E-state index is 14.5. The molecule has 5 rings (SSSR count). The van der Waals surface area contributed by atoms with Crippen molar-refractivity contribution < 1.29 is 8.78 Å². The van der Waals surface area contributed by atoms with E-state index in [1.807, 2.05) is 19.1 Å². The van der Waals surface area contributed by atoms with Gasteiger partial charge in [0.25, 0.3) is 5.92 Å². The molecule has 0 amide bonds. The minimum absolute atomic E-state index is 0.0796. The molecule has 1 atom stereocenters. The minimum Gasteiger partial charge on any atom is -0.382 e. The van der Waals surface area contributed by atoms with E-state index in [1.54, 1.807) is 38.6 Å². The summed E-state index contributed by atoms with van der Waals surface area (Å²) in [6.07, 6.45) is 5.49. The fourth-order valence-electron chi connectivity index (χ4n) is 3.90. The maximum Gasteiger partial charge on any atom is 0.280 e. The van der Waals surface area contributed by atoms with Gasteiger partial charge < -0.3 is 11.1 Å². The highest BCUT2D eigenvalue weighted by Gasteiger charge is 2.44. The van der Waals surface area contributed by atoms with Crippen LogP contribution in [0.4, 0.5) is 20.5 Å². The Labute approximate surface area is 170 Å². The molecule has 1 saturated heterocycles. The van der Waals surface area contributed by atoms with Crippen LogP contribution < -0.4 is 11.1 Å². The number of nitrogen functional groups attached to an aromatic ring is 1. The van der Waals surface area contributed by atoms with Crippen LogP contribution in [0.2, 0.25) is 0 Å². The van der Waals surface area contributed by atoms with Gasteiger partial charge in [-0.25, -0.2) is 22.8 Å². The van der Waals surface area contributed by atoms with Crippen molar-refractivity contribution >= 4 is 22.9 Å². The highest BCUT2D eigenvalue weighted by Crippen LogP contribution is 2.31. The molecule has 4 aromatic rings. The second kappa shape index (κ2) is 6.87. The van der Waals surface area contributed by atoms with Crippen LogP contribution in [-0.2, 0) is 0 Å². The minimum atomic E-state index is -2.88. The van der Waals surface area contributed by atoms with Gasteiger partial charge in [-0.3, -0.25) is 4.90 Å². The molecule has 0 saturated carbocycles. The molecule has 0 aliphatic carbocycles. The standard InChI is InChI=1S/C19H21F2N9/c1-2-28-8-6-14(19(20,21)11-28)25-18-26-17(22)16-12(4-9-30(16)27-18)13-5-10-29-15(24-13)3-7-23-29/h3-5,7,9-10,14H,2,6,8,11H2,1H3,(H3,22,25,26,27)/t14-/m1/s1. The highest BCUT2D eigenvalue weighted by atomic mass is 19.3. The van der Waals surface area contributed by atoms with Gasteiger partial charge >= 0.3 is 0 Å². The van der Waals surface area contributed by atoms with E-state index < -0.39 is 12.0 Å². The Morgan fingerprint density at radius 2 is 2.03 bits per heavy atom. The van der Waals surface area contributed by atoms with Crippen LogP contribution in [0, 0.1) is 0 Å². The summed E-state index contributed by atoms with van der Waals surface area (Å²) in [4.78, 5) is 10.6. The first-order chi connectivity index (χ1) is 14.4. The van der Waals surface area contributed by atoms with Crippen LogP contribution in [0.3, 0.4) is 0 Å². The molecule has 5 heterocycles. The van der Waals surface area contributed by atoms with Crippen LogP contribution in [0.1, 0.15) is 13.3 Å². The zero-order valence-electron chi connectivity index (χ0n) is 16.3. The molecular formula is C19H21F2N9. The first-order valence-electron chi connectivity index (χ1n) is 9.77. The highest BCUT2D eigenvalue weighted by molar-refractivity contribution is 5.86. The molecule has 1 aliphatic heterocycles. The number of rotatable bonds is 4. The largest absolute Gasteiger partial charge is 0.382 e. The number of nitrogens with one attached hydrogen (secondary N) is 1. The van der Waals surface area contributed by atoms with E-state index in [1.165, 1.54) is 0 Å². The number of alkyl halides is 2. The van der Waals surface area contributed by atoms with E-state index in [9.17, 15) is 8.78 Å². The normalized spacial score (nSPS) is 19.5. The Balaban J connectivity index is 1.47. The molecule has 0 bridgehead atoms. The van der Waals surface area contributed by atoms with Crippen LogP contribution in [0.5, 0.6) is 0 Å². The van der Waals surface area contributed by atoms with Gasteiger partial charge in [0.15, 0.2) is 11.5 Å². The number of piperidine rings is 1. The molecule has 0 unspecified atom stereocenters. The third kappa shape index (κ3) is 3.11. The number of anilines is 2. The second-order valence-corrected chi connectivity index (χ2v) is 7.41. The van der Waals surface area contributed by atoms with Gasteiger partial charge in [0.1, 0.15) is 5.52 Å². The van der Waals surface area contributed by atoms with Crippen molar-refractivity contribution in [2.24, 2.45) is 0 Å². The third-order valence-corrected chi connectivity index (χ3v) is 5.50. The summed E-state index contributed by atoms with van der Waals surface area (Å²) < 4.78 is 32.2. The topological polar surface area (TPSA) is 102 Å². The van der Waals surface area contributed by atoms with Crippen LogP contribution in [0.15, 0.2) is 36.8 Å². The van der Waals surface area contributed by atoms with E-state index >= 15 is 0 Å². The van der Waals surface area contributed by atoms with Gasteiger partial charge in [0.05, 0.1) is 24.5 Å². The molecule has 156 valence electrons. The predicted molar refractivity (Wildman–Crippen MR) is 108 cm³/mol. The summed E-state index contributed by atoms with van der Waals surface area (Å²) in [5, 5.41) is 11.3. The van der Waals surface area contributed by atoms with Crippen molar-refractivity contribution in [1.29, 1.82) is 0 Å². The maximum atomic E-state index is 14.5. The molecule has 11 heteroatoms. The smallest absolute Gasteiger partial charge is 0.280 e. The predicted octanol–water partition coefficient (Wildman–Crippen LogP) is 2.16. The van der Waals surface area contributed by atoms with Gasteiger partial charge in [-0.05, 0) is 25.1 Å². The van der Waals surface area contributed by atoms with Crippen molar-refractivity contribution in [3.63, 3.8) is 0 Å². The first-order valence-corrected chi connectivity index (χ1v) is 9.77. The molecule has 1 fully saturated rings. The molecule has 3 N–H and O–H groups in total. The van der Waals surface area contributed by atoms with Crippen molar-refractivity contribution in [3.05, 3.63) is 36.8 Å². The number of nitrogens with zero attached hydrogens (tertiary/aromatic N) is 7. The Kier molecular flexibility index (Phi) is 4.28. The lowest BCUT2D eigenvalue weighted by Crippen LogP contribution is -2.54. The molecule has 0 spiro atoms. The summed E-state index contributed by atoms with van der Waals surface area (Å²) in [7, 11) is 0. The quantitative estimate of drug-likeness (QED) is 0.529. The van der Waals surface area contributed by atoms with Gasteiger partial charge in [0, 0.05) is 30.6 Å². The number of halogens is 2. The van der Waals surface area contributed by atoms with Crippen LogP contribution in [-0.4, -0.2) is 65.7 Å². The van der Waals surface area contributed by atoms with E-state index in [0.717, 1.165) is 5.56 Å². The SMILES string of the molecule is CCN1CC[C@@H](Nc2nc(N)c3c(-c4ccn5nccc5n4)ccn3n2)C(F)(F)C1. The number of likely N-dealkylation sites (tertiary alicyclic amines) is 1. The monoisotopic (exact) mass is 413 g/mol. The summed E-state index contributed by atoms with van der Waals surface area (Å²) >= 11 is 0. The van der Waals surface area contributed by atoms with E-state index in [2.05, 4.69) is 25.5 Å². The van der Waals surface area contributed by atoms with Crippen molar-refractivity contribution in [2.45, 2.75) is 25.3 Å². The molecule has 30 heavy (non-hydrogen) atoms. The number of hydrogen-bond donors (Lipinski definition) is 2. The first kappa shape index (κ1) is 18.7. The fraction of sp³-hybridized carbons (Fsp3) is 0.368. The molecule has 4 aromatic heterocycles. The van der Waals surface area contributed by atoms with E-state index in [4.69, 9.17) is 5.73 Å². The number of nitrogens with two attached hydrogens (primary N) is 1. The van der Waals surface area contributed by atoms with Gasteiger partial charge in [-0.15, -0.1) is 5.10 Å². The summed E-state index contributed by atoms with van der Waals surface area (Å²) in [6.45, 7) is 2.79. The average Bonchev–Trinajstić information content (AvgIpc) is 3.35. The molecule has 1 aliphatic rings. The van der Waals surface area contributed by atoms with Crippen LogP contribution >= 0.6 is 0 Å². The fourth-order valence-corrected chi connectivity index (χ4v) is 3.90. The van der Waals surface area contributed by atoms with Gasteiger partial charge in [-0.1, -0.05) is 6.92 Å². The van der Waals surface area contributed by atoms with Crippen LogP contribution in [0.25, 0.3) is 22.4 Å². The Morgan fingerprint density at radius 1 is 1.20 bits per heavy atom. The lowest BCUT2D eigenvalue weighted by Gasteiger charge is -2.38. The lowest BCUT2D eigenvalue weighted by molar-refractivity contribution is -0.0726. The van der Waals surface area contributed by atoms with Gasteiger partial charge in [0.2, 0.25) is 5.95 Å². The number of hydrogen-bond acceptors (Lipinski definition) is 7. The summed E-state index contributed by atoms with van der Waals surface area (Å²) in [5.74, 6) is -2.61. The van der Waals surface area contributed by atoms with E-state index in [-0.39, 0.29) is 18.3 Å². The second-order valence-electron chi connectivity index (χ2n) is 7.41. The molecular weight excluding hydrogens is 392 g/mol. The van der Waals surface area contributed by atoms with Crippen molar-refractivity contribution in [2.75, 3.05) is 30.7 Å². The van der Waals surface area contributed by atoms with Crippen molar-refractivity contribution in [3.8, 4) is 11.3 Å². The zero-order valence-corrected chi connectivity index (χ0v) is 16.3. The van der Waals surface area contributed by atoms with Crippen molar-refractivity contribution in [1.82, 2.24) is 34.1 Å². The summed E-state index contributed by atoms with van der Waals surface area (Å²) in [6, 6.07) is 4.41. The third-order valence-electron chi connectivity index (χ3n) is 5.50. The lowest BCUT2D eigenvalue weighted by atomic mass is 10.0. The molecule has 9 nitrogen and oxygen atoms in total. The molecule has 0 radical (unpaired) electrons. The summed E-state index contributed by atoms with van der Waals surface area (Å²) in [5.41, 5.74) is 8.92. The van der Waals surface area contributed by atoms with E-state index in [0.29, 0.717) is 36.4 Å². The molecule has 0 aromatic carbocycles. The zero-order chi connectivity index (χ0) is 20.9. The Hall–Kier alpha value is -3.34. The Bertz CT molecular complexity index is 1220. The number of aromatic nitrogens is 6. The average molecular weight is 413 g/mol. The number of fused-ring (bicyclic) bond motifs is 2. The van der Waals surface area contributed by atoms with Gasteiger partial charge in [-0.2, -0.15) is 10.1 Å².